The third kappa shape index (κ3) is 4.78. The Hall–Kier alpha value is -1.95. The zero-order chi connectivity index (χ0) is 17.8. The first-order valence-electron chi connectivity index (χ1n) is 9.03. The molecule has 2 aliphatic rings. The Balaban J connectivity index is 1.67. The predicted octanol–water partition coefficient (Wildman–Crippen LogP) is 1.77. The van der Waals surface area contributed by atoms with Crippen LogP contribution in [0.2, 0.25) is 0 Å². The van der Waals surface area contributed by atoms with Gasteiger partial charge in [-0.25, -0.2) is 4.39 Å². The Morgan fingerprint density at radius 2 is 1.88 bits per heavy atom. The van der Waals surface area contributed by atoms with Gasteiger partial charge in [0, 0.05) is 24.1 Å². The summed E-state index contributed by atoms with van der Waals surface area (Å²) in [5.74, 6) is -0.388. The maximum atomic E-state index is 14.1. The molecule has 1 saturated carbocycles. The third-order valence-electron chi connectivity index (χ3n) is 5.11. The fourth-order valence-corrected chi connectivity index (χ4v) is 3.29. The van der Waals surface area contributed by atoms with Crippen molar-refractivity contribution in [3.63, 3.8) is 0 Å². The molecule has 6 heteroatoms. The molecule has 5 nitrogen and oxygen atoms in total. The number of likely N-dealkylation sites (tertiary alicyclic amines) is 1. The monoisotopic (exact) mass is 347 g/mol. The van der Waals surface area contributed by atoms with Gasteiger partial charge in [0.15, 0.2) is 0 Å². The van der Waals surface area contributed by atoms with Gasteiger partial charge in [-0.2, -0.15) is 0 Å². The second-order valence-corrected chi connectivity index (χ2v) is 7.14. The Morgan fingerprint density at radius 3 is 2.52 bits per heavy atom. The van der Waals surface area contributed by atoms with Crippen LogP contribution in [0, 0.1) is 11.7 Å². The van der Waals surface area contributed by atoms with Gasteiger partial charge in [-0.1, -0.05) is 18.2 Å². The molecule has 1 N–H and O–H groups in total. The van der Waals surface area contributed by atoms with Crippen LogP contribution in [0.4, 0.5) is 4.39 Å². The van der Waals surface area contributed by atoms with E-state index in [4.69, 9.17) is 0 Å². The summed E-state index contributed by atoms with van der Waals surface area (Å²) < 4.78 is 14.1. The number of nitrogens with one attached hydrogen (secondary N) is 1. The molecule has 1 saturated heterocycles. The first-order valence-corrected chi connectivity index (χ1v) is 9.03. The molecule has 0 atom stereocenters. The first-order chi connectivity index (χ1) is 12.0. The molecule has 0 aromatic heterocycles. The van der Waals surface area contributed by atoms with E-state index < -0.39 is 0 Å². The fraction of sp³-hybridized carbons (Fsp3) is 0.579. The molecule has 2 amide bonds. The van der Waals surface area contributed by atoms with Crippen molar-refractivity contribution < 1.29 is 14.0 Å². The largest absolute Gasteiger partial charge is 0.347 e. The van der Waals surface area contributed by atoms with Crippen molar-refractivity contribution in [3.8, 4) is 0 Å². The lowest BCUT2D eigenvalue weighted by atomic mass is 10.0. The normalized spacial score (nSPS) is 18.8. The van der Waals surface area contributed by atoms with E-state index in [-0.39, 0.29) is 42.7 Å². The summed E-state index contributed by atoms with van der Waals surface area (Å²) in [4.78, 5) is 28.6. The summed E-state index contributed by atoms with van der Waals surface area (Å²) in [6, 6.07) is 6.65. The molecule has 2 fully saturated rings. The summed E-state index contributed by atoms with van der Waals surface area (Å²) in [6.45, 7) is 2.08. The van der Waals surface area contributed by atoms with Crippen LogP contribution < -0.4 is 5.32 Å². The van der Waals surface area contributed by atoms with E-state index in [0.717, 1.165) is 38.8 Å². The minimum Gasteiger partial charge on any atom is -0.347 e. The van der Waals surface area contributed by atoms with Crippen LogP contribution in [-0.4, -0.2) is 54.3 Å². The summed E-state index contributed by atoms with van der Waals surface area (Å²) >= 11 is 0. The van der Waals surface area contributed by atoms with E-state index >= 15 is 0 Å². The van der Waals surface area contributed by atoms with E-state index in [1.54, 1.807) is 23.1 Å². The fourth-order valence-electron chi connectivity index (χ4n) is 3.29. The predicted molar refractivity (Wildman–Crippen MR) is 93.2 cm³/mol. The van der Waals surface area contributed by atoms with Crippen LogP contribution >= 0.6 is 0 Å². The highest BCUT2D eigenvalue weighted by Gasteiger charge is 2.31. The summed E-state index contributed by atoms with van der Waals surface area (Å²) in [5, 5.41) is 2.74. The van der Waals surface area contributed by atoms with Gasteiger partial charge in [-0.3, -0.25) is 9.59 Å². The van der Waals surface area contributed by atoms with Crippen LogP contribution in [0.25, 0.3) is 0 Å². The van der Waals surface area contributed by atoms with Crippen LogP contribution in [0.3, 0.4) is 0 Å². The number of nitrogens with zero attached hydrogens (tertiary/aromatic N) is 2. The van der Waals surface area contributed by atoms with Crippen LogP contribution in [0.1, 0.15) is 31.2 Å². The SMILES string of the molecule is CN1CCC(N(Cc2ccccc2F)C(=O)CNC(=O)C2CC2)CC1. The molecular formula is C19H26FN3O2. The number of carbonyl (C=O) groups excluding carboxylic acids is 2. The topological polar surface area (TPSA) is 52.6 Å². The highest BCUT2D eigenvalue weighted by molar-refractivity contribution is 5.87. The molecule has 0 bridgehead atoms. The highest BCUT2D eigenvalue weighted by Crippen LogP contribution is 2.28. The number of rotatable bonds is 6. The zero-order valence-electron chi connectivity index (χ0n) is 14.7. The molecule has 0 spiro atoms. The Bertz CT molecular complexity index is 625. The average Bonchev–Trinajstić information content (AvgIpc) is 3.45. The van der Waals surface area contributed by atoms with E-state index in [1.165, 1.54) is 6.07 Å². The zero-order valence-corrected chi connectivity index (χ0v) is 14.7. The maximum Gasteiger partial charge on any atom is 0.242 e. The molecule has 1 aliphatic heterocycles. The van der Waals surface area contributed by atoms with Crippen molar-refractivity contribution in [2.45, 2.75) is 38.3 Å². The van der Waals surface area contributed by atoms with Crippen LogP contribution in [-0.2, 0) is 16.1 Å². The first kappa shape index (κ1) is 17.9. The molecule has 136 valence electrons. The third-order valence-corrected chi connectivity index (χ3v) is 5.11. The number of amides is 2. The number of benzene rings is 1. The van der Waals surface area contributed by atoms with E-state index in [2.05, 4.69) is 17.3 Å². The van der Waals surface area contributed by atoms with Crippen molar-refractivity contribution >= 4 is 11.8 Å². The molecule has 25 heavy (non-hydrogen) atoms. The molecule has 0 radical (unpaired) electrons. The second-order valence-electron chi connectivity index (χ2n) is 7.14. The second kappa shape index (κ2) is 7.95. The van der Waals surface area contributed by atoms with Crippen molar-refractivity contribution in [3.05, 3.63) is 35.6 Å². The van der Waals surface area contributed by atoms with Gasteiger partial charge in [-0.05, 0) is 51.9 Å². The Labute approximate surface area is 148 Å². The molecule has 1 heterocycles. The van der Waals surface area contributed by atoms with Gasteiger partial charge in [0.2, 0.25) is 11.8 Å². The van der Waals surface area contributed by atoms with Crippen LogP contribution in [0.15, 0.2) is 24.3 Å². The lowest BCUT2D eigenvalue weighted by molar-refractivity contribution is -0.136. The molecule has 0 unspecified atom stereocenters. The summed E-state index contributed by atoms with van der Waals surface area (Å²) in [5.41, 5.74) is 0.517. The average molecular weight is 347 g/mol. The number of hydrogen-bond acceptors (Lipinski definition) is 3. The quantitative estimate of drug-likeness (QED) is 0.853. The number of halogens is 1. The van der Waals surface area contributed by atoms with E-state index in [1.807, 2.05) is 0 Å². The van der Waals surface area contributed by atoms with Gasteiger partial charge in [0.1, 0.15) is 5.82 Å². The van der Waals surface area contributed by atoms with Crippen LogP contribution in [0.5, 0.6) is 0 Å². The van der Waals surface area contributed by atoms with E-state index in [9.17, 15) is 14.0 Å². The minimum absolute atomic E-state index is 0.00384. The van der Waals surface area contributed by atoms with Gasteiger partial charge in [0.05, 0.1) is 6.54 Å². The minimum atomic E-state index is -0.296. The van der Waals surface area contributed by atoms with Gasteiger partial charge >= 0.3 is 0 Å². The number of hydrogen-bond donors (Lipinski definition) is 1. The van der Waals surface area contributed by atoms with Gasteiger partial charge < -0.3 is 15.1 Å². The van der Waals surface area contributed by atoms with Gasteiger partial charge in [0.25, 0.3) is 0 Å². The lowest BCUT2D eigenvalue weighted by Crippen LogP contribution is -2.49. The maximum absolute atomic E-state index is 14.1. The molecular weight excluding hydrogens is 321 g/mol. The van der Waals surface area contributed by atoms with E-state index in [0.29, 0.717) is 5.56 Å². The smallest absolute Gasteiger partial charge is 0.242 e. The molecule has 1 aromatic carbocycles. The molecule has 1 aliphatic carbocycles. The van der Waals surface area contributed by atoms with Crippen molar-refractivity contribution in [2.75, 3.05) is 26.7 Å². The summed E-state index contributed by atoms with van der Waals surface area (Å²) in [6.07, 6.45) is 3.56. The highest BCUT2D eigenvalue weighted by atomic mass is 19.1. The lowest BCUT2D eigenvalue weighted by Gasteiger charge is -2.37. The Kier molecular flexibility index (Phi) is 5.68. The number of piperidine rings is 1. The van der Waals surface area contributed by atoms with Crippen molar-refractivity contribution in [1.29, 1.82) is 0 Å². The Morgan fingerprint density at radius 1 is 1.20 bits per heavy atom. The molecule has 3 rings (SSSR count). The summed E-state index contributed by atoms with van der Waals surface area (Å²) in [7, 11) is 2.06. The molecule has 1 aromatic rings. The van der Waals surface area contributed by atoms with Gasteiger partial charge in [-0.15, -0.1) is 0 Å². The van der Waals surface area contributed by atoms with Crippen molar-refractivity contribution in [1.82, 2.24) is 15.1 Å². The number of carbonyl (C=O) groups is 2. The standard InChI is InChI=1S/C19H26FN3O2/c1-22-10-8-16(9-11-22)23(13-15-4-2-3-5-17(15)20)18(24)12-21-19(25)14-6-7-14/h2-5,14,16H,6-13H2,1H3,(H,21,25). The van der Waals surface area contributed by atoms with Crippen molar-refractivity contribution in [2.24, 2.45) is 5.92 Å².